The lowest BCUT2D eigenvalue weighted by Crippen LogP contribution is -2.15. The molecule has 0 fully saturated rings. The van der Waals surface area contributed by atoms with Gasteiger partial charge < -0.3 is 24.5 Å². The molecule has 2 aromatic rings. The first-order valence-corrected chi connectivity index (χ1v) is 6.26. The molecule has 0 saturated carbocycles. The molecule has 0 amide bonds. The van der Waals surface area contributed by atoms with Crippen molar-refractivity contribution in [3.63, 3.8) is 0 Å². The zero-order valence-corrected chi connectivity index (χ0v) is 11.9. The van der Waals surface area contributed by atoms with Crippen molar-refractivity contribution in [3.8, 4) is 17.2 Å². The number of aryl methyl sites for hydroxylation is 1. The standard InChI is InChI=1S/C14H19N3O3/c1-17-5-4-16-13(17)9-15-8-10-6-11(19-2)14(18)12(7-10)20-3/h4-7,15,18H,8-9H2,1-3H3. The Balaban J connectivity index is 2.04. The second kappa shape index (κ2) is 6.29. The SMILES string of the molecule is COc1cc(CNCc2nccn2C)cc(OC)c1O. The second-order valence-electron chi connectivity index (χ2n) is 4.41. The molecule has 6 heteroatoms. The molecule has 20 heavy (non-hydrogen) atoms. The van der Waals surface area contributed by atoms with Crippen LogP contribution in [0.15, 0.2) is 24.5 Å². The van der Waals surface area contributed by atoms with E-state index in [0.717, 1.165) is 11.4 Å². The lowest BCUT2D eigenvalue weighted by atomic mass is 10.2. The van der Waals surface area contributed by atoms with Gasteiger partial charge in [0.15, 0.2) is 11.5 Å². The molecule has 0 bridgehead atoms. The number of hydrogen-bond donors (Lipinski definition) is 2. The van der Waals surface area contributed by atoms with Gasteiger partial charge in [0.2, 0.25) is 5.75 Å². The minimum absolute atomic E-state index is 0.0165. The summed E-state index contributed by atoms with van der Waals surface area (Å²) in [6, 6.07) is 3.56. The van der Waals surface area contributed by atoms with Crippen molar-refractivity contribution >= 4 is 0 Å². The van der Waals surface area contributed by atoms with E-state index >= 15 is 0 Å². The van der Waals surface area contributed by atoms with Gasteiger partial charge >= 0.3 is 0 Å². The zero-order valence-electron chi connectivity index (χ0n) is 11.9. The summed E-state index contributed by atoms with van der Waals surface area (Å²) in [5, 5.41) is 13.1. The highest BCUT2D eigenvalue weighted by molar-refractivity contribution is 5.52. The molecular weight excluding hydrogens is 258 g/mol. The van der Waals surface area contributed by atoms with Gasteiger partial charge in [0.1, 0.15) is 5.82 Å². The second-order valence-corrected chi connectivity index (χ2v) is 4.41. The first-order chi connectivity index (χ1) is 9.65. The smallest absolute Gasteiger partial charge is 0.200 e. The molecule has 0 saturated heterocycles. The number of imidazole rings is 1. The largest absolute Gasteiger partial charge is 0.502 e. The Morgan fingerprint density at radius 3 is 2.35 bits per heavy atom. The molecule has 2 N–H and O–H groups in total. The van der Waals surface area contributed by atoms with Crippen LogP contribution in [0.3, 0.4) is 0 Å². The molecule has 6 nitrogen and oxygen atoms in total. The average molecular weight is 277 g/mol. The first kappa shape index (κ1) is 14.2. The lowest BCUT2D eigenvalue weighted by molar-refractivity contribution is 0.339. The van der Waals surface area contributed by atoms with Crippen LogP contribution in [-0.4, -0.2) is 28.9 Å². The third-order valence-electron chi connectivity index (χ3n) is 3.07. The maximum absolute atomic E-state index is 9.84. The van der Waals surface area contributed by atoms with E-state index in [1.807, 2.05) is 17.8 Å². The number of phenols is 1. The summed E-state index contributed by atoms with van der Waals surface area (Å²) >= 11 is 0. The minimum atomic E-state index is 0.0165. The molecule has 1 aromatic heterocycles. The number of aromatic nitrogens is 2. The van der Waals surface area contributed by atoms with Gasteiger partial charge in [0.25, 0.3) is 0 Å². The average Bonchev–Trinajstić information content (AvgIpc) is 2.86. The van der Waals surface area contributed by atoms with E-state index in [1.165, 1.54) is 14.2 Å². The Morgan fingerprint density at radius 1 is 1.20 bits per heavy atom. The number of ether oxygens (including phenoxy) is 2. The zero-order chi connectivity index (χ0) is 14.5. The van der Waals surface area contributed by atoms with Gasteiger partial charge in [-0.1, -0.05) is 0 Å². The monoisotopic (exact) mass is 277 g/mol. The number of hydrogen-bond acceptors (Lipinski definition) is 5. The van der Waals surface area contributed by atoms with Crippen LogP contribution in [0.4, 0.5) is 0 Å². The van der Waals surface area contributed by atoms with Crippen LogP contribution in [-0.2, 0) is 20.1 Å². The van der Waals surface area contributed by atoms with E-state index in [9.17, 15) is 5.11 Å². The van der Waals surface area contributed by atoms with E-state index in [1.54, 1.807) is 18.3 Å². The quantitative estimate of drug-likeness (QED) is 0.836. The maximum atomic E-state index is 9.84. The van der Waals surface area contributed by atoms with E-state index in [-0.39, 0.29) is 5.75 Å². The number of phenolic OH excluding ortho intramolecular Hbond substituents is 1. The third-order valence-corrected chi connectivity index (χ3v) is 3.07. The predicted molar refractivity (Wildman–Crippen MR) is 75.0 cm³/mol. The number of nitrogens with zero attached hydrogens (tertiary/aromatic N) is 2. The van der Waals surface area contributed by atoms with Gasteiger partial charge in [-0.05, 0) is 17.7 Å². The summed E-state index contributed by atoms with van der Waals surface area (Å²) in [6.07, 6.45) is 3.67. The van der Waals surface area contributed by atoms with Crippen molar-refractivity contribution in [2.24, 2.45) is 7.05 Å². The van der Waals surface area contributed by atoms with E-state index in [4.69, 9.17) is 9.47 Å². The van der Waals surface area contributed by atoms with Gasteiger partial charge in [0.05, 0.1) is 20.8 Å². The van der Waals surface area contributed by atoms with Crippen LogP contribution >= 0.6 is 0 Å². The van der Waals surface area contributed by atoms with Crippen molar-refractivity contribution < 1.29 is 14.6 Å². The highest BCUT2D eigenvalue weighted by atomic mass is 16.5. The first-order valence-electron chi connectivity index (χ1n) is 6.26. The summed E-state index contributed by atoms with van der Waals surface area (Å²) in [5.74, 6) is 1.78. The van der Waals surface area contributed by atoms with Crippen molar-refractivity contribution in [1.29, 1.82) is 0 Å². The molecule has 0 aliphatic rings. The summed E-state index contributed by atoms with van der Waals surface area (Å²) in [5.41, 5.74) is 0.964. The normalized spacial score (nSPS) is 10.6. The van der Waals surface area contributed by atoms with Crippen molar-refractivity contribution in [2.45, 2.75) is 13.1 Å². The molecule has 0 aliphatic heterocycles. The fourth-order valence-corrected chi connectivity index (χ4v) is 1.94. The Labute approximate surface area is 118 Å². The number of aromatic hydroxyl groups is 1. The topological polar surface area (TPSA) is 68.5 Å². The van der Waals surface area contributed by atoms with Crippen LogP contribution in [0, 0.1) is 0 Å². The molecule has 0 unspecified atom stereocenters. The Hall–Kier alpha value is -2.21. The van der Waals surface area contributed by atoms with Crippen LogP contribution in [0.2, 0.25) is 0 Å². The van der Waals surface area contributed by atoms with Crippen molar-refractivity contribution in [2.75, 3.05) is 14.2 Å². The van der Waals surface area contributed by atoms with Gasteiger partial charge in [-0.2, -0.15) is 0 Å². The fraction of sp³-hybridized carbons (Fsp3) is 0.357. The lowest BCUT2D eigenvalue weighted by Gasteiger charge is -2.12. The van der Waals surface area contributed by atoms with Crippen molar-refractivity contribution in [3.05, 3.63) is 35.9 Å². The van der Waals surface area contributed by atoms with E-state index in [0.29, 0.717) is 24.6 Å². The van der Waals surface area contributed by atoms with Crippen LogP contribution < -0.4 is 14.8 Å². The summed E-state index contributed by atoms with van der Waals surface area (Å²) in [4.78, 5) is 4.24. The van der Waals surface area contributed by atoms with Crippen LogP contribution in [0.25, 0.3) is 0 Å². The Bertz CT molecular complexity index is 556. The summed E-state index contributed by atoms with van der Waals surface area (Å²) < 4.78 is 12.2. The number of benzene rings is 1. The van der Waals surface area contributed by atoms with Gasteiger partial charge in [-0.3, -0.25) is 0 Å². The maximum Gasteiger partial charge on any atom is 0.200 e. The van der Waals surface area contributed by atoms with Gasteiger partial charge in [0, 0.05) is 26.0 Å². The molecule has 108 valence electrons. The molecule has 0 aliphatic carbocycles. The summed E-state index contributed by atoms with van der Waals surface area (Å²) in [6.45, 7) is 1.29. The van der Waals surface area contributed by atoms with Crippen LogP contribution in [0.5, 0.6) is 17.2 Å². The molecular formula is C14H19N3O3. The molecule has 0 radical (unpaired) electrons. The minimum Gasteiger partial charge on any atom is -0.502 e. The van der Waals surface area contributed by atoms with Crippen molar-refractivity contribution in [1.82, 2.24) is 14.9 Å². The number of methoxy groups -OCH3 is 2. The molecule has 0 spiro atoms. The highest BCUT2D eigenvalue weighted by Gasteiger charge is 2.11. The highest BCUT2D eigenvalue weighted by Crippen LogP contribution is 2.36. The predicted octanol–water partition coefficient (Wildman–Crippen LogP) is 1.43. The number of nitrogens with one attached hydrogen (secondary N) is 1. The van der Waals surface area contributed by atoms with Crippen LogP contribution in [0.1, 0.15) is 11.4 Å². The summed E-state index contributed by atoms with van der Waals surface area (Å²) in [7, 11) is 4.98. The Kier molecular flexibility index (Phi) is 4.47. The van der Waals surface area contributed by atoms with Gasteiger partial charge in [-0.25, -0.2) is 4.98 Å². The molecule has 1 aromatic carbocycles. The van der Waals surface area contributed by atoms with E-state index in [2.05, 4.69) is 10.3 Å². The van der Waals surface area contributed by atoms with E-state index < -0.39 is 0 Å². The Morgan fingerprint density at radius 2 is 1.85 bits per heavy atom. The van der Waals surface area contributed by atoms with Gasteiger partial charge in [-0.15, -0.1) is 0 Å². The third kappa shape index (κ3) is 3.03. The molecule has 1 heterocycles. The molecule has 0 atom stereocenters. The fourth-order valence-electron chi connectivity index (χ4n) is 1.94. The molecule has 2 rings (SSSR count). The number of rotatable bonds is 6.